The fourth-order valence-corrected chi connectivity index (χ4v) is 3.29. The summed E-state index contributed by atoms with van der Waals surface area (Å²) in [4.78, 5) is 14.2. The van der Waals surface area contributed by atoms with Gasteiger partial charge in [0.15, 0.2) is 0 Å². The van der Waals surface area contributed by atoms with Crippen LogP contribution in [0, 0.1) is 12.8 Å². The van der Waals surface area contributed by atoms with Gasteiger partial charge in [0.2, 0.25) is 10.0 Å². The molecule has 20 heavy (non-hydrogen) atoms. The summed E-state index contributed by atoms with van der Waals surface area (Å²) in [5.74, 6) is 0.260. The zero-order chi connectivity index (χ0) is 14.9. The smallest absolute Gasteiger partial charge is 0.255 e. The number of rotatable bonds is 3. The number of primary sulfonamides is 1. The van der Waals surface area contributed by atoms with E-state index in [0.717, 1.165) is 18.4 Å². The predicted octanol–water partition coefficient (Wildman–Crippen LogP) is 1.51. The van der Waals surface area contributed by atoms with Crippen LogP contribution in [-0.2, 0) is 10.0 Å². The molecule has 1 heterocycles. The quantitative estimate of drug-likeness (QED) is 0.918. The maximum absolute atomic E-state index is 12.5. The molecular formula is C14H20N2O3S. The monoisotopic (exact) mass is 296 g/mol. The second kappa shape index (κ2) is 5.54. The molecule has 1 unspecified atom stereocenters. The molecule has 0 radical (unpaired) electrons. The van der Waals surface area contributed by atoms with E-state index in [9.17, 15) is 13.2 Å². The van der Waals surface area contributed by atoms with Gasteiger partial charge in [-0.25, -0.2) is 13.6 Å². The minimum atomic E-state index is -3.89. The van der Waals surface area contributed by atoms with Crippen molar-refractivity contribution in [2.75, 3.05) is 13.1 Å². The topological polar surface area (TPSA) is 80.5 Å². The molecule has 0 aliphatic carbocycles. The van der Waals surface area contributed by atoms with Crippen molar-refractivity contribution in [3.63, 3.8) is 0 Å². The molecule has 0 saturated carbocycles. The normalized spacial score (nSPS) is 19.4. The number of sulfonamides is 1. The van der Waals surface area contributed by atoms with Crippen LogP contribution in [0.2, 0.25) is 0 Å². The van der Waals surface area contributed by atoms with E-state index in [-0.39, 0.29) is 16.4 Å². The Morgan fingerprint density at radius 1 is 1.45 bits per heavy atom. The van der Waals surface area contributed by atoms with Gasteiger partial charge in [0.25, 0.3) is 5.91 Å². The van der Waals surface area contributed by atoms with Crippen LogP contribution in [0.5, 0.6) is 0 Å². The number of aryl methyl sites for hydroxylation is 1. The average molecular weight is 296 g/mol. The molecular weight excluding hydrogens is 276 g/mol. The van der Waals surface area contributed by atoms with Crippen molar-refractivity contribution < 1.29 is 13.2 Å². The summed E-state index contributed by atoms with van der Waals surface area (Å²) in [6.45, 7) is 5.28. The fraction of sp³-hybridized carbons (Fsp3) is 0.500. The lowest BCUT2D eigenvalue weighted by Gasteiger charge is -2.18. The van der Waals surface area contributed by atoms with Crippen molar-refractivity contribution in [2.24, 2.45) is 11.1 Å². The SMILES string of the molecule is CCC1CCN(C(=O)c2cc(C)ccc2S(N)(=O)=O)C1. The molecule has 2 rings (SSSR count). The van der Waals surface area contributed by atoms with E-state index in [2.05, 4.69) is 6.92 Å². The van der Waals surface area contributed by atoms with Crippen LogP contribution in [0.25, 0.3) is 0 Å². The van der Waals surface area contributed by atoms with Gasteiger partial charge < -0.3 is 4.90 Å². The van der Waals surface area contributed by atoms with Crippen LogP contribution >= 0.6 is 0 Å². The Morgan fingerprint density at radius 2 is 2.15 bits per heavy atom. The average Bonchev–Trinajstić information content (AvgIpc) is 2.85. The Kier molecular flexibility index (Phi) is 4.15. The Balaban J connectivity index is 2.37. The van der Waals surface area contributed by atoms with E-state index in [0.29, 0.717) is 19.0 Å². The molecule has 2 N–H and O–H groups in total. The molecule has 6 heteroatoms. The van der Waals surface area contributed by atoms with Gasteiger partial charge in [-0.05, 0) is 31.4 Å². The van der Waals surface area contributed by atoms with Crippen molar-refractivity contribution in [1.82, 2.24) is 4.90 Å². The van der Waals surface area contributed by atoms with Gasteiger partial charge in [-0.1, -0.05) is 25.0 Å². The molecule has 0 spiro atoms. The summed E-state index contributed by atoms with van der Waals surface area (Å²) < 4.78 is 23.2. The van der Waals surface area contributed by atoms with Crippen LogP contribution in [0.15, 0.2) is 23.1 Å². The number of nitrogens with zero attached hydrogens (tertiary/aromatic N) is 1. The first-order valence-electron chi connectivity index (χ1n) is 6.75. The van der Waals surface area contributed by atoms with Crippen molar-refractivity contribution in [3.05, 3.63) is 29.3 Å². The molecule has 1 aliphatic rings. The van der Waals surface area contributed by atoms with Gasteiger partial charge in [-0.3, -0.25) is 4.79 Å². The molecule has 0 aromatic heterocycles. The lowest BCUT2D eigenvalue weighted by molar-refractivity contribution is 0.0783. The number of likely N-dealkylation sites (tertiary alicyclic amines) is 1. The third-order valence-electron chi connectivity index (χ3n) is 3.82. The van der Waals surface area contributed by atoms with Crippen molar-refractivity contribution in [3.8, 4) is 0 Å². The highest BCUT2D eigenvalue weighted by Gasteiger charge is 2.29. The highest BCUT2D eigenvalue weighted by molar-refractivity contribution is 7.89. The summed E-state index contributed by atoms with van der Waals surface area (Å²) in [7, 11) is -3.89. The third kappa shape index (κ3) is 3.02. The summed E-state index contributed by atoms with van der Waals surface area (Å²) in [6.07, 6.45) is 2.00. The number of hydrogen-bond donors (Lipinski definition) is 1. The standard InChI is InChI=1S/C14H20N2O3S/c1-3-11-6-7-16(9-11)14(17)12-8-10(2)4-5-13(12)20(15,18)19/h4-5,8,11H,3,6-7,9H2,1-2H3,(H2,15,18,19). The van der Waals surface area contributed by atoms with Gasteiger partial charge in [0, 0.05) is 13.1 Å². The molecule has 1 atom stereocenters. The van der Waals surface area contributed by atoms with Crippen LogP contribution in [0.3, 0.4) is 0 Å². The maximum Gasteiger partial charge on any atom is 0.255 e. The van der Waals surface area contributed by atoms with Crippen molar-refractivity contribution >= 4 is 15.9 Å². The van der Waals surface area contributed by atoms with E-state index in [4.69, 9.17) is 5.14 Å². The largest absolute Gasteiger partial charge is 0.338 e. The maximum atomic E-state index is 12.5. The second-order valence-electron chi connectivity index (χ2n) is 5.36. The predicted molar refractivity (Wildman–Crippen MR) is 76.9 cm³/mol. The van der Waals surface area contributed by atoms with E-state index in [1.807, 2.05) is 6.92 Å². The Labute approximate surface area is 119 Å². The molecule has 0 bridgehead atoms. The third-order valence-corrected chi connectivity index (χ3v) is 4.79. The first-order valence-corrected chi connectivity index (χ1v) is 8.30. The molecule has 1 fully saturated rings. The van der Waals surface area contributed by atoms with Crippen molar-refractivity contribution in [2.45, 2.75) is 31.6 Å². The molecule has 1 aromatic carbocycles. The van der Waals surface area contributed by atoms with E-state index in [1.54, 1.807) is 17.0 Å². The highest BCUT2D eigenvalue weighted by Crippen LogP contribution is 2.24. The molecule has 5 nitrogen and oxygen atoms in total. The van der Waals surface area contributed by atoms with Crippen molar-refractivity contribution in [1.29, 1.82) is 0 Å². The number of benzene rings is 1. The lowest BCUT2D eigenvalue weighted by atomic mass is 10.1. The van der Waals surface area contributed by atoms with Gasteiger partial charge >= 0.3 is 0 Å². The van der Waals surface area contributed by atoms with Gasteiger partial charge in [-0.15, -0.1) is 0 Å². The number of nitrogens with two attached hydrogens (primary N) is 1. The Morgan fingerprint density at radius 3 is 2.70 bits per heavy atom. The highest BCUT2D eigenvalue weighted by atomic mass is 32.2. The molecule has 1 aliphatic heterocycles. The molecule has 110 valence electrons. The molecule has 1 aromatic rings. The number of amides is 1. The Hall–Kier alpha value is -1.40. The fourth-order valence-electron chi connectivity index (χ4n) is 2.58. The summed E-state index contributed by atoms with van der Waals surface area (Å²) in [6, 6.07) is 4.65. The van der Waals surface area contributed by atoms with Gasteiger partial charge in [0.1, 0.15) is 0 Å². The van der Waals surface area contributed by atoms with Crippen LogP contribution in [0.1, 0.15) is 35.7 Å². The minimum absolute atomic E-state index is 0.0898. The molecule has 1 amide bonds. The second-order valence-corrected chi connectivity index (χ2v) is 6.89. The summed E-state index contributed by atoms with van der Waals surface area (Å²) in [5.41, 5.74) is 1.02. The van der Waals surface area contributed by atoms with E-state index < -0.39 is 10.0 Å². The summed E-state index contributed by atoms with van der Waals surface area (Å²) in [5, 5.41) is 5.20. The summed E-state index contributed by atoms with van der Waals surface area (Å²) >= 11 is 0. The number of carbonyl (C=O) groups excluding carboxylic acids is 1. The van der Waals surface area contributed by atoms with Crippen LogP contribution in [0.4, 0.5) is 0 Å². The zero-order valence-corrected chi connectivity index (χ0v) is 12.6. The van der Waals surface area contributed by atoms with Gasteiger partial charge in [-0.2, -0.15) is 0 Å². The number of hydrogen-bond acceptors (Lipinski definition) is 3. The van der Waals surface area contributed by atoms with Crippen LogP contribution in [-0.4, -0.2) is 32.3 Å². The van der Waals surface area contributed by atoms with Gasteiger partial charge in [0.05, 0.1) is 10.5 Å². The van der Waals surface area contributed by atoms with E-state index in [1.165, 1.54) is 6.07 Å². The zero-order valence-electron chi connectivity index (χ0n) is 11.8. The number of carbonyl (C=O) groups is 1. The van der Waals surface area contributed by atoms with E-state index >= 15 is 0 Å². The molecule has 1 saturated heterocycles. The lowest BCUT2D eigenvalue weighted by Crippen LogP contribution is -2.30. The first kappa shape index (κ1) is 15.0. The first-order chi connectivity index (χ1) is 9.32. The van der Waals surface area contributed by atoms with Crippen LogP contribution < -0.4 is 5.14 Å². The Bertz CT molecular complexity index is 625. The minimum Gasteiger partial charge on any atom is -0.338 e.